The molecule has 0 atom stereocenters. The number of hydrogen-bond acceptors (Lipinski definition) is 5. The first-order valence-electron chi connectivity index (χ1n) is 6.88. The van der Waals surface area contributed by atoms with Crippen LogP contribution in [0, 0.1) is 5.92 Å². The molecule has 1 aliphatic carbocycles. The molecule has 1 saturated carbocycles. The van der Waals surface area contributed by atoms with Crippen molar-refractivity contribution >= 4 is 22.4 Å². The third kappa shape index (κ3) is 4.20. The Morgan fingerprint density at radius 3 is 2.89 bits per heavy atom. The zero-order valence-corrected chi connectivity index (χ0v) is 12.7. The van der Waals surface area contributed by atoms with E-state index in [4.69, 9.17) is 0 Å². The van der Waals surface area contributed by atoms with Crippen molar-refractivity contribution in [2.75, 3.05) is 18.6 Å². The summed E-state index contributed by atoms with van der Waals surface area (Å²) in [5.74, 6) is 0.471. The Hall–Kier alpha value is -1.10. The number of thiazole rings is 1. The summed E-state index contributed by atoms with van der Waals surface area (Å²) in [7, 11) is 1.42. The second-order valence-electron chi connectivity index (χ2n) is 5.47. The van der Waals surface area contributed by atoms with Crippen LogP contribution in [0.1, 0.15) is 38.8 Å². The summed E-state index contributed by atoms with van der Waals surface area (Å²) in [6.45, 7) is 5.54. The Morgan fingerprint density at radius 2 is 2.32 bits per heavy atom. The largest absolute Gasteiger partial charge is 0.469 e. The molecule has 0 aromatic carbocycles. The lowest BCUT2D eigenvalue weighted by molar-refractivity contribution is -0.140. The van der Waals surface area contributed by atoms with Gasteiger partial charge in [0.25, 0.3) is 0 Å². The second kappa shape index (κ2) is 6.37. The van der Waals surface area contributed by atoms with Gasteiger partial charge < -0.3 is 9.64 Å². The van der Waals surface area contributed by atoms with Crippen LogP contribution in [0.5, 0.6) is 0 Å². The molecule has 0 radical (unpaired) electrons. The summed E-state index contributed by atoms with van der Waals surface area (Å²) in [5.41, 5.74) is 1.000. The topological polar surface area (TPSA) is 42.4 Å². The van der Waals surface area contributed by atoms with Crippen LogP contribution in [0.25, 0.3) is 0 Å². The first-order chi connectivity index (χ1) is 9.10. The van der Waals surface area contributed by atoms with Gasteiger partial charge in [0.15, 0.2) is 5.13 Å². The van der Waals surface area contributed by atoms with Crippen molar-refractivity contribution in [3.63, 3.8) is 0 Å². The molecule has 1 aromatic heterocycles. The zero-order chi connectivity index (χ0) is 13.8. The molecule has 1 aliphatic rings. The maximum atomic E-state index is 11.1. The maximum Gasteiger partial charge on any atom is 0.305 e. The minimum absolute atomic E-state index is 0.171. The molecule has 106 valence electrons. The van der Waals surface area contributed by atoms with Crippen LogP contribution in [-0.2, 0) is 16.0 Å². The molecule has 0 spiro atoms. The Balaban J connectivity index is 1.96. The van der Waals surface area contributed by atoms with E-state index in [0.717, 1.165) is 17.4 Å². The summed E-state index contributed by atoms with van der Waals surface area (Å²) in [5, 5.41) is 3.17. The molecule has 0 N–H and O–H groups in total. The fourth-order valence-corrected chi connectivity index (χ4v) is 2.98. The molecule has 0 aliphatic heterocycles. The molecule has 4 nitrogen and oxygen atoms in total. The summed E-state index contributed by atoms with van der Waals surface area (Å²) in [4.78, 5) is 18.2. The van der Waals surface area contributed by atoms with Crippen LogP contribution < -0.4 is 4.90 Å². The first kappa shape index (κ1) is 14.3. The van der Waals surface area contributed by atoms with E-state index >= 15 is 0 Å². The fraction of sp³-hybridized carbons (Fsp3) is 0.714. The van der Waals surface area contributed by atoms with Gasteiger partial charge in [0, 0.05) is 24.4 Å². The number of ether oxygens (including phenoxy) is 1. The van der Waals surface area contributed by atoms with Crippen molar-refractivity contribution in [1.82, 2.24) is 4.98 Å². The number of esters is 1. The van der Waals surface area contributed by atoms with Crippen molar-refractivity contribution in [1.29, 1.82) is 0 Å². The van der Waals surface area contributed by atoms with E-state index in [9.17, 15) is 4.79 Å². The highest BCUT2D eigenvalue weighted by Gasteiger charge is 2.31. The van der Waals surface area contributed by atoms with Gasteiger partial charge in [-0.15, -0.1) is 11.3 Å². The number of rotatable bonds is 7. The molecule has 1 aromatic rings. The summed E-state index contributed by atoms with van der Waals surface area (Å²) >= 11 is 1.69. The van der Waals surface area contributed by atoms with E-state index < -0.39 is 0 Å². The predicted octanol–water partition coefficient (Wildman–Crippen LogP) is 2.87. The van der Waals surface area contributed by atoms with Gasteiger partial charge in [-0.25, -0.2) is 4.98 Å². The molecule has 5 heteroatoms. The van der Waals surface area contributed by atoms with Gasteiger partial charge in [0.05, 0.1) is 19.2 Å². The normalized spacial score (nSPS) is 14.7. The van der Waals surface area contributed by atoms with E-state index in [1.54, 1.807) is 11.3 Å². The summed E-state index contributed by atoms with van der Waals surface area (Å²) < 4.78 is 4.65. The smallest absolute Gasteiger partial charge is 0.305 e. The van der Waals surface area contributed by atoms with Crippen molar-refractivity contribution in [2.24, 2.45) is 5.92 Å². The molecule has 19 heavy (non-hydrogen) atoms. The quantitative estimate of drug-likeness (QED) is 0.721. The average molecular weight is 282 g/mol. The van der Waals surface area contributed by atoms with Crippen molar-refractivity contribution in [3.05, 3.63) is 11.1 Å². The van der Waals surface area contributed by atoms with Gasteiger partial charge in [-0.2, -0.15) is 0 Å². The zero-order valence-electron chi connectivity index (χ0n) is 11.9. The van der Waals surface area contributed by atoms with Crippen LogP contribution in [0.15, 0.2) is 5.38 Å². The summed E-state index contributed by atoms with van der Waals surface area (Å²) in [6.07, 6.45) is 3.64. The highest BCUT2D eigenvalue weighted by molar-refractivity contribution is 7.13. The molecule has 0 amide bonds. The Morgan fingerprint density at radius 1 is 1.58 bits per heavy atom. The van der Waals surface area contributed by atoms with Gasteiger partial charge >= 0.3 is 5.97 Å². The highest BCUT2D eigenvalue weighted by Crippen LogP contribution is 2.34. The van der Waals surface area contributed by atoms with Gasteiger partial charge in [0.2, 0.25) is 0 Å². The number of anilines is 1. The van der Waals surface area contributed by atoms with Crippen LogP contribution >= 0.6 is 11.3 Å². The van der Waals surface area contributed by atoms with E-state index in [1.165, 1.54) is 20.0 Å². The molecule has 1 fully saturated rings. The standard InChI is InChI=1S/C14H22N2O2S/c1-10(2)8-16(12-5-6-12)14-15-11(9-19-14)4-7-13(17)18-3/h9-10,12H,4-8H2,1-3H3. The number of nitrogens with zero attached hydrogens (tertiary/aromatic N) is 2. The number of carbonyl (C=O) groups is 1. The highest BCUT2D eigenvalue weighted by atomic mass is 32.1. The van der Waals surface area contributed by atoms with Gasteiger partial charge in [0.1, 0.15) is 0 Å². The number of hydrogen-bond donors (Lipinski definition) is 0. The number of methoxy groups -OCH3 is 1. The first-order valence-corrected chi connectivity index (χ1v) is 7.76. The maximum absolute atomic E-state index is 11.1. The molecule has 0 bridgehead atoms. The lowest BCUT2D eigenvalue weighted by atomic mass is 10.2. The van der Waals surface area contributed by atoms with Crippen molar-refractivity contribution < 1.29 is 9.53 Å². The third-order valence-corrected chi connectivity index (χ3v) is 4.07. The number of aromatic nitrogens is 1. The fourth-order valence-electron chi connectivity index (χ4n) is 2.04. The van der Waals surface area contributed by atoms with Crippen molar-refractivity contribution in [2.45, 2.75) is 45.6 Å². The van der Waals surface area contributed by atoms with E-state index in [2.05, 4.69) is 33.8 Å². The SMILES string of the molecule is COC(=O)CCc1csc(N(CC(C)C)C2CC2)n1. The van der Waals surface area contributed by atoms with Gasteiger partial charge in [-0.1, -0.05) is 13.8 Å². The predicted molar refractivity (Wildman–Crippen MR) is 77.7 cm³/mol. The summed E-state index contributed by atoms with van der Waals surface area (Å²) in [6, 6.07) is 0.682. The van der Waals surface area contributed by atoms with Crippen LogP contribution in [0.4, 0.5) is 5.13 Å². The number of carbonyl (C=O) groups excluding carboxylic acids is 1. The minimum Gasteiger partial charge on any atom is -0.469 e. The molecule has 1 heterocycles. The second-order valence-corrected chi connectivity index (χ2v) is 6.31. The number of aryl methyl sites for hydroxylation is 1. The minimum atomic E-state index is -0.171. The third-order valence-electron chi connectivity index (χ3n) is 3.15. The Bertz CT molecular complexity index is 427. The molecular weight excluding hydrogens is 260 g/mol. The van der Waals surface area contributed by atoms with Crippen molar-refractivity contribution in [3.8, 4) is 0 Å². The van der Waals surface area contributed by atoms with E-state index in [0.29, 0.717) is 24.8 Å². The molecule has 2 rings (SSSR count). The van der Waals surface area contributed by atoms with E-state index in [-0.39, 0.29) is 5.97 Å². The van der Waals surface area contributed by atoms with E-state index in [1.807, 2.05) is 0 Å². The molecule has 0 saturated heterocycles. The molecule has 0 unspecified atom stereocenters. The van der Waals surface area contributed by atoms with Crippen LogP contribution in [0.3, 0.4) is 0 Å². The molecular formula is C14H22N2O2S. The van der Waals surface area contributed by atoms with Gasteiger partial charge in [-0.05, 0) is 18.8 Å². The van der Waals surface area contributed by atoms with Crippen LogP contribution in [0.2, 0.25) is 0 Å². The lowest BCUT2D eigenvalue weighted by Gasteiger charge is -2.23. The lowest BCUT2D eigenvalue weighted by Crippen LogP contribution is -2.29. The van der Waals surface area contributed by atoms with Gasteiger partial charge in [-0.3, -0.25) is 4.79 Å². The Kier molecular flexibility index (Phi) is 4.80. The van der Waals surface area contributed by atoms with Crippen LogP contribution in [-0.4, -0.2) is 30.6 Å². The average Bonchev–Trinajstić information content (AvgIpc) is 3.11. The monoisotopic (exact) mass is 282 g/mol. The Labute approximate surface area is 118 Å².